The van der Waals surface area contributed by atoms with Crippen LogP contribution in [0.4, 0.5) is 5.69 Å². The first kappa shape index (κ1) is 13.0. The summed E-state index contributed by atoms with van der Waals surface area (Å²) in [4.78, 5) is 2.73. The average Bonchev–Trinajstić information content (AvgIpc) is 2.59. The van der Waals surface area contributed by atoms with E-state index in [-0.39, 0.29) is 5.54 Å². The molecule has 19 heavy (non-hydrogen) atoms. The summed E-state index contributed by atoms with van der Waals surface area (Å²) in [5.74, 6) is 0. The highest BCUT2D eigenvalue weighted by atomic mass is 15.3. The molecular formula is C18H27N. The molecule has 2 fully saturated rings. The number of rotatable bonds is 1. The zero-order valence-corrected chi connectivity index (χ0v) is 13.2. The third kappa shape index (κ3) is 1.27. The fourth-order valence-electron chi connectivity index (χ4n) is 4.92. The van der Waals surface area contributed by atoms with Crippen molar-refractivity contribution in [3.63, 3.8) is 0 Å². The zero-order chi connectivity index (χ0) is 14.1. The van der Waals surface area contributed by atoms with Crippen molar-refractivity contribution in [1.82, 2.24) is 0 Å². The van der Waals surface area contributed by atoms with Crippen molar-refractivity contribution in [2.45, 2.75) is 66.0 Å². The molecule has 2 bridgehead atoms. The Morgan fingerprint density at radius 2 is 1.68 bits per heavy atom. The fourth-order valence-corrected chi connectivity index (χ4v) is 4.92. The smallest absolute Gasteiger partial charge is 0.0434 e. The van der Waals surface area contributed by atoms with E-state index in [0.717, 1.165) is 0 Å². The van der Waals surface area contributed by atoms with Crippen molar-refractivity contribution in [2.75, 3.05) is 4.90 Å². The van der Waals surface area contributed by atoms with Crippen LogP contribution in [0.15, 0.2) is 24.3 Å². The van der Waals surface area contributed by atoms with Gasteiger partial charge in [0.25, 0.3) is 0 Å². The molecule has 1 aliphatic heterocycles. The van der Waals surface area contributed by atoms with Gasteiger partial charge in [-0.2, -0.15) is 0 Å². The van der Waals surface area contributed by atoms with E-state index in [4.69, 9.17) is 0 Å². The van der Waals surface area contributed by atoms with Gasteiger partial charge in [-0.3, -0.25) is 0 Å². The van der Waals surface area contributed by atoms with Crippen LogP contribution in [0.25, 0.3) is 0 Å². The number of anilines is 1. The molecule has 1 saturated heterocycles. The minimum absolute atomic E-state index is 0.285. The van der Waals surface area contributed by atoms with Crippen molar-refractivity contribution in [3.05, 3.63) is 29.8 Å². The van der Waals surface area contributed by atoms with Gasteiger partial charge >= 0.3 is 0 Å². The van der Waals surface area contributed by atoms with E-state index in [0.29, 0.717) is 16.9 Å². The van der Waals surface area contributed by atoms with Crippen LogP contribution in [-0.2, 0) is 0 Å². The number of piperidine rings is 1. The SMILES string of the molecule is Cc1ccccc1N1C(C)C2(C)CCC1(C)C2(C)C. The molecular weight excluding hydrogens is 230 g/mol. The van der Waals surface area contributed by atoms with Crippen LogP contribution in [0, 0.1) is 17.8 Å². The highest BCUT2D eigenvalue weighted by molar-refractivity contribution is 5.60. The maximum Gasteiger partial charge on any atom is 0.0434 e. The third-order valence-corrected chi connectivity index (χ3v) is 7.12. The first-order valence-corrected chi connectivity index (χ1v) is 7.61. The van der Waals surface area contributed by atoms with Crippen LogP contribution in [0.2, 0.25) is 0 Å². The maximum atomic E-state index is 2.73. The Kier molecular flexibility index (Phi) is 2.44. The number of aryl methyl sites for hydroxylation is 1. The highest BCUT2D eigenvalue weighted by Gasteiger charge is 2.70. The van der Waals surface area contributed by atoms with Gasteiger partial charge in [0.1, 0.15) is 0 Å². The van der Waals surface area contributed by atoms with E-state index >= 15 is 0 Å². The molecule has 3 rings (SSSR count). The van der Waals surface area contributed by atoms with E-state index in [1.54, 1.807) is 0 Å². The second kappa shape index (κ2) is 3.56. The number of benzene rings is 1. The van der Waals surface area contributed by atoms with E-state index in [1.165, 1.54) is 24.1 Å². The predicted molar refractivity (Wildman–Crippen MR) is 82.6 cm³/mol. The van der Waals surface area contributed by atoms with Crippen LogP contribution in [-0.4, -0.2) is 11.6 Å². The number of hydrogen-bond donors (Lipinski definition) is 0. The molecule has 2 aliphatic rings. The standard InChI is InChI=1S/C18H27N/c1-13-9-7-8-10-15(13)19-14(2)17(5)11-12-18(19,6)16(17,3)4/h7-10,14H,11-12H2,1-6H3. The molecule has 0 N–H and O–H groups in total. The lowest BCUT2D eigenvalue weighted by atomic mass is 9.65. The van der Waals surface area contributed by atoms with Crippen molar-refractivity contribution in [3.8, 4) is 0 Å². The summed E-state index contributed by atoms with van der Waals surface area (Å²) >= 11 is 0. The van der Waals surface area contributed by atoms with Crippen molar-refractivity contribution >= 4 is 5.69 Å². The summed E-state index contributed by atoms with van der Waals surface area (Å²) in [6.07, 6.45) is 2.68. The molecule has 3 atom stereocenters. The quantitative estimate of drug-likeness (QED) is 0.699. The Labute approximate surface area is 118 Å². The maximum absolute atomic E-state index is 2.73. The lowest BCUT2D eigenvalue weighted by Gasteiger charge is -2.45. The van der Waals surface area contributed by atoms with Crippen LogP contribution in [0.3, 0.4) is 0 Å². The first-order chi connectivity index (χ1) is 8.76. The van der Waals surface area contributed by atoms with E-state index in [1.807, 2.05) is 0 Å². The number of nitrogens with zero attached hydrogens (tertiary/aromatic N) is 1. The Morgan fingerprint density at radius 1 is 1.05 bits per heavy atom. The van der Waals surface area contributed by atoms with Gasteiger partial charge in [0.2, 0.25) is 0 Å². The fraction of sp³-hybridized carbons (Fsp3) is 0.667. The molecule has 0 spiro atoms. The number of fused-ring (bicyclic) bond motifs is 2. The number of para-hydroxylation sites is 1. The lowest BCUT2D eigenvalue weighted by molar-refractivity contribution is 0.132. The largest absolute Gasteiger partial charge is 0.362 e. The van der Waals surface area contributed by atoms with Crippen LogP contribution in [0.1, 0.15) is 53.0 Å². The minimum Gasteiger partial charge on any atom is -0.362 e. The average molecular weight is 257 g/mol. The summed E-state index contributed by atoms with van der Waals surface area (Å²) < 4.78 is 0. The van der Waals surface area contributed by atoms with Crippen molar-refractivity contribution < 1.29 is 0 Å². The second-order valence-electron chi connectivity index (χ2n) is 7.65. The molecule has 1 heterocycles. The molecule has 1 aromatic carbocycles. The Morgan fingerprint density at radius 3 is 2.21 bits per heavy atom. The van der Waals surface area contributed by atoms with Gasteiger partial charge < -0.3 is 4.90 Å². The Balaban J connectivity index is 2.18. The van der Waals surface area contributed by atoms with Crippen LogP contribution >= 0.6 is 0 Å². The molecule has 104 valence electrons. The normalized spacial score (nSPS) is 39.9. The predicted octanol–water partition coefficient (Wildman–Crippen LogP) is 4.79. The highest BCUT2D eigenvalue weighted by Crippen LogP contribution is 2.69. The topological polar surface area (TPSA) is 3.24 Å². The molecule has 0 radical (unpaired) electrons. The summed E-state index contributed by atoms with van der Waals surface area (Å²) in [6.45, 7) is 14.6. The summed E-state index contributed by atoms with van der Waals surface area (Å²) in [5, 5.41) is 0. The van der Waals surface area contributed by atoms with Gasteiger partial charge in [0.15, 0.2) is 0 Å². The minimum atomic E-state index is 0.285. The van der Waals surface area contributed by atoms with E-state index in [2.05, 4.69) is 70.7 Å². The van der Waals surface area contributed by atoms with Crippen molar-refractivity contribution in [1.29, 1.82) is 0 Å². The van der Waals surface area contributed by atoms with Gasteiger partial charge in [-0.1, -0.05) is 39.0 Å². The molecule has 0 amide bonds. The molecule has 0 aromatic heterocycles. The number of hydrogen-bond acceptors (Lipinski definition) is 1. The molecule has 1 heteroatoms. The first-order valence-electron chi connectivity index (χ1n) is 7.61. The van der Waals surface area contributed by atoms with E-state index < -0.39 is 0 Å². The van der Waals surface area contributed by atoms with Crippen LogP contribution in [0.5, 0.6) is 0 Å². The molecule has 1 aliphatic carbocycles. The Bertz CT molecular complexity index is 515. The molecule has 1 saturated carbocycles. The third-order valence-electron chi connectivity index (χ3n) is 7.12. The van der Waals surface area contributed by atoms with Gasteiger partial charge in [0, 0.05) is 17.3 Å². The van der Waals surface area contributed by atoms with Gasteiger partial charge in [-0.25, -0.2) is 0 Å². The van der Waals surface area contributed by atoms with Crippen LogP contribution < -0.4 is 4.90 Å². The van der Waals surface area contributed by atoms with Gasteiger partial charge in [0.05, 0.1) is 0 Å². The summed E-state index contributed by atoms with van der Waals surface area (Å²) in [7, 11) is 0. The van der Waals surface area contributed by atoms with Gasteiger partial charge in [-0.15, -0.1) is 0 Å². The van der Waals surface area contributed by atoms with Crippen molar-refractivity contribution in [2.24, 2.45) is 10.8 Å². The molecule has 1 nitrogen and oxygen atoms in total. The summed E-state index contributed by atoms with van der Waals surface area (Å²) in [5.41, 5.74) is 3.91. The summed E-state index contributed by atoms with van der Waals surface area (Å²) in [6, 6.07) is 9.49. The lowest BCUT2D eigenvalue weighted by Crippen LogP contribution is -2.50. The molecule has 3 unspecified atom stereocenters. The Hall–Kier alpha value is -0.980. The van der Waals surface area contributed by atoms with Gasteiger partial charge in [-0.05, 0) is 56.1 Å². The zero-order valence-electron chi connectivity index (χ0n) is 13.2. The second-order valence-corrected chi connectivity index (χ2v) is 7.65. The van der Waals surface area contributed by atoms with E-state index in [9.17, 15) is 0 Å². The monoisotopic (exact) mass is 257 g/mol. The molecule has 1 aromatic rings.